The topological polar surface area (TPSA) is 89.0 Å². The van der Waals surface area contributed by atoms with Gasteiger partial charge >= 0.3 is 0 Å². The number of methoxy groups -OCH3 is 2. The number of ether oxygens (including phenoxy) is 2. The summed E-state index contributed by atoms with van der Waals surface area (Å²) in [5.74, 6) is 1.74. The maximum atomic E-state index is 11.1. The third-order valence-electron chi connectivity index (χ3n) is 2.64. The van der Waals surface area contributed by atoms with Gasteiger partial charge in [-0.3, -0.25) is 4.99 Å². The predicted octanol–water partition coefficient (Wildman–Crippen LogP) is 0.736. The molecule has 1 rings (SSSR count). The van der Waals surface area contributed by atoms with Crippen molar-refractivity contribution in [3.63, 3.8) is 0 Å². The molecule has 0 saturated carbocycles. The number of nitrogens with one attached hydrogen (secondary N) is 2. The lowest BCUT2D eigenvalue weighted by atomic mass is 10.3. The Morgan fingerprint density at radius 1 is 1.24 bits per heavy atom. The van der Waals surface area contributed by atoms with E-state index in [-0.39, 0.29) is 12.3 Å². The van der Waals surface area contributed by atoms with Gasteiger partial charge < -0.3 is 20.1 Å². The molecule has 0 bridgehead atoms. The highest BCUT2D eigenvalue weighted by molar-refractivity contribution is 7.90. The molecule has 0 atom stereocenters. The zero-order chi connectivity index (χ0) is 15.9. The average Bonchev–Trinajstić information content (AvgIpc) is 2.44. The minimum absolute atomic E-state index is 0.0413. The van der Waals surface area contributed by atoms with Crippen LogP contribution in [0.4, 0.5) is 5.69 Å². The quantitative estimate of drug-likeness (QED) is 0.594. The molecule has 0 aliphatic rings. The summed E-state index contributed by atoms with van der Waals surface area (Å²) in [5, 5.41) is 5.98. The first-order valence-corrected chi connectivity index (χ1v) is 8.33. The van der Waals surface area contributed by atoms with Gasteiger partial charge in [0, 0.05) is 31.6 Å². The van der Waals surface area contributed by atoms with E-state index in [0.717, 1.165) is 5.69 Å². The van der Waals surface area contributed by atoms with E-state index in [9.17, 15) is 8.42 Å². The minimum Gasteiger partial charge on any atom is -0.493 e. The van der Waals surface area contributed by atoms with E-state index in [4.69, 9.17) is 9.47 Å². The van der Waals surface area contributed by atoms with Gasteiger partial charge in [0.15, 0.2) is 17.5 Å². The second kappa shape index (κ2) is 7.72. The molecule has 0 unspecified atom stereocenters. The largest absolute Gasteiger partial charge is 0.493 e. The molecule has 0 heterocycles. The van der Waals surface area contributed by atoms with Gasteiger partial charge in [-0.15, -0.1) is 0 Å². The van der Waals surface area contributed by atoms with Gasteiger partial charge in [0.05, 0.1) is 20.0 Å². The average molecular weight is 315 g/mol. The van der Waals surface area contributed by atoms with Crippen LogP contribution in [-0.2, 0) is 9.84 Å². The van der Waals surface area contributed by atoms with Crippen molar-refractivity contribution >= 4 is 21.5 Å². The Balaban J connectivity index is 2.69. The molecule has 21 heavy (non-hydrogen) atoms. The van der Waals surface area contributed by atoms with E-state index in [2.05, 4.69) is 15.6 Å². The standard InChI is InChI=1S/C13H21N3O4S/c1-14-13(15-7-8-21(4,17)18)16-10-5-6-11(19-2)12(9-10)20-3/h5-6,9H,7-8H2,1-4H3,(H2,14,15,16). The van der Waals surface area contributed by atoms with Crippen molar-refractivity contribution in [3.05, 3.63) is 18.2 Å². The molecule has 0 radical (unpaired) electrons. The summed E-state index contributed by atoms with van der Waals surface area (Å²) >= 11 is 0. The fraction of sp³-hybridized carbons (Fsp3) is 0.462. The summed E-state index contributed by atoms with van der Waals surface area (Å²) in [5.41, 5.74) is 0.750. The van der Waals surface area contributed by atoms with Crippen LogP contribution >= 0.6 is 0 Å². The highest BCUT2D eigenvalue weighted by atomic mass is 32.2. The molecule has 0 saturated heterocycles. The second-order valence-electron chi connectivity index (χ2n) is 4.32. The first kappa shape index (κ1) is 17.1. The summed E-state index contributed by atoms with van der Waals surface area (Å²) in [7, 11) is 1.73. The van der Waals surface area contributed by atoms with Crippen LogP contribution in [0.1, 0.15) is 0 Å². The van der Waals surface area contributed by atoms with E-state index < -0.39 is 9.84 Å². The minimum atomic E-state index is -3.00. The molecule has 0 amide bonds. The SMILES string of the molecule is CN=C(NCCS(C)(=O)=O)Nc1ccc(OC)c(OC)c1. The molecular formula is C13H21N3O4S. The van der Waals surface area contributed by atoms with E-state index in [1.807, 2.05) is 6.07 Å². The van der Waals surface area contributed by atoms with E-state index >= 15 is 0 Å². The molecular weight excluding hydrogens is 294 g/mol. The summed E-state index contributed by atoms with van der Waals surface area (Å²) in [6, 6.07) is 5.35. The Labute approximate surface area is 125 Å². The number of anilines is 1. The normalized spacial score (nSPS) is 11.9. The predicted molar refractivity (Wildman–Crippen MR) is 84.2 cm³/mol. The van der Waals surface area contributed by atoms with E-state index in [0.29, 0.717) is 17.5 Å². The fourth-order valence-electron chi connectivity index (χ4n) is 1.58. The molecule has 1 aromatic carbocycles. The third-order valence-corrected chi connectivity index (χ3v) is 3.58. The van der Waals surface area contributed by atoms with Crippen molar-refractivity contribution in [2.24, 2.45) is 4.99 Å². The smallest absolute Gasteiger partial charge is 0.195 e. The molecule has 8 heteroatoms. The van der Waals surface area contributed by atoms with Crippen LogP contribution in [0.25, 0.3) is 0 Å². The number of guanidine groups is 1. The second-order valence-corrected chi connectivity index (χ2v) is 6.58. The van der Waals surface area contributed by atoms with Gasteiger partial charge in [-0.2, -0.15) is 0 Å². The fourth-order valence-corrected chi connectivity index (χ4v) is 2.06. The van der Waals surface area contributed by atoms with Crippen LogP contribution in [0, 0.1) is 0 Å². The lowest BCUT2D eigenvalue weighted by Crippen LogP contribution is -2.34. The zero-order valence-electron chi connectivity index (χ0n) is 12.6. The molecule has 0 aromatic heterocycles. The Bertz CT molecular complexity index is 599. The van der Waals surface area contributed by atoms with Crippen molar-refractivity contribution in [3.8, 4) is 11.5 Å². The van der Waals surface area contributed by atoms with Crippen molar-refractivity contribution in [1.82, 2.24) is 5.32 Å². The molecule has 0 spiro atoms. The van der Waals surface area contributed by atoms with E-state index in [1.54, 1.807) is 33.4 Å². The molecule has 118 valence electrons. The van der Waals surface area contributed by atoms with E-state index in [1.165, 1.54) is 6.26 Å². The summed E-state index contributed by atoms with van der Waals surface area (Å²) in [4.78, 5) is 4.03. The Morgan fingerprint density at radius 2 is 1.90 bits per heavy atom. The summed E-state index contributed by atoms with van der Waals surface area (Å²) < 4.78 is 32.5. The van der Waals surface area contributed by atoms with Crippen LogP contribution in [0.15, 0.2) is 23.2 Å². The Kier molecular flexibility index (Phi) is 6.29. The van der Waals surface area contributed by atoms with Gasteiger partial charge in [-0.1, -0.05) is 0 Å². The maximum Gasteiger partial charge on any atom is 0.195 e. The molecule has 1 aromatic rings. The summed E-state index contributed by atoms with van der Waals surface area (Å²) in [6.45, 7) is 0.284. The van der Waals surface area contributed by atoms with Gasteiger partial charge in [-0.25, -0.2) is 8.42 Å². The lowest BCUT2D eigenvalue weighted by Gasteiger charge is -2.13. The monoisotopic (exact) mass is 315 g/mol. The van der Waals surface area contributed by atoms with Gasteiger partial charge in [0.25, 0.3) is 0 Å². The van der Waals surface area contributed by atoms with Crippen LogP contribution < -0.4 is 20.1 Å². The number of hydrogen-bond acceptors (Lipinski definition) is 5. The molecule has 0 fully saturated rings. The highest BCUT2D eigenvalue weighted by Crippen LogP contribution is 2.29. The number of sulfone groups is 1. The maximum absolute atomic E-state index is 11.1. The van der Waals surface area contributed by atoms with Crippen molar-refractivity contribution in [2.75, 3.05) is 45.1 Å². The van der Waals surface area contributed by atoms with Crippen molar-refractivity contribution in [2.45, 2.75) is 0 Å². The van der Waals surface area contributed by atoms with Gasteiger partial charge in [0.1, 0.15) is 9.84 Å². The first-order chi connectivity index (χ1) is 9.89. The third kappa shape index (κ3) is 5.90. The number of aliphatic imine (C=N–C) groups is 1. The lowest BCUT2D eigenvalue weighted by molar-refractivity contribution is 0.355. The Hall–Kier alpha value is -1.96. The molecule has 0 aliphatic carbocycles. The van der Waals surface area contributed by atoms with Crippen molar-refractivity contribution in [1.29, 1.82) is 0 Å². The van der Waals surface area contributed by atoms with Crippen LogP contribution in [0.3, 0.4) is 0 Å². The molecule has 2 N–H and O–H groups in total. The molecule has 7 nitrogen and oxygen atoms in total. The Morgan fingerprint density at radius 3 is 2.43 bits per heavy atom. The summed E-state index contributed by atoms with van der Waals surface area (Å²) in [6.07, 6.45) is 1.19. The number of nitrogens with zero attached hydrogens (tertiary/aromatic N) is 1. The first-order valence-electron chi connectivity index (χ1n) is 6.27. The number of rotatable bonds is 6. The van der Waals surface area contributed by atoms with Crippen LogP contribution in [0.5, 0.6) is 11.5 Å². The van der Waals surface area contributed by atoms with Crippen LogP contribution in [0.2, 0.25) is 0 Å². The number of hydrogen-bond donors (Lipinski definition) is 2. The van der Waals surface area contributed by atoms with Crippen molar-refractivity contribution < 1.29 is 17.9 Å². The van der Waals surface area contributed by atoms with Gasteiger partial charge in [0.2, 0.25) is 0 Å². The van der Waals surface area contributed by atoms with Gasteiger partial charge in [-0.05, 0) is 12.1 Å². The van der Waals surface area contributed by atoms with Crippen LogP contribution in [-0.4, -0.2) is 54.2 Å². The zero-order valence-corrected chi connectivity index (χ0v) is 13.5. The highest BCUT2D eigenvalue weighted by Gasteiger charge is 2.07. The number of benzene rings is 1. The molecule has 0 aliphatic heterocycles.